The summed E-state index contributed by atoms with van der Waals surface area (Å²) in [4.78, 5) is 24.5. The molecule has 0 saturated carbocycles. The maximum absolute atomic E-state index is 12.3. The van der Waals surface area contributed by atoms with Crippen molar-refractivity contribution in [2.45, 2.75) is 32.7 Å². The molecule has 1 amide bonds. The van der Waals surface area contributed by atoms with Crippen molar-refractivity contribution in [2.75, 3.05) is 19.7 Å². The van der Waals surface area contributed by atoms with Crippen LogP contribution in [0.25, 0.3) is 0 Å². The Bertz CT molecular complexity index is 588. The number of benzene rings is 1. The summed E-state index contributed by atoms with van der Waals surface area (Å²) in [6.07, 6.45) is 0.973. The van der Waals surface area contributed by atoms with Crippen LogP contribution in [0.4, 0.5) is 5.69 Å². The molecule has 0 aromatic heterocycles. The van der Waals surface area contributed by atoms with Gasteiger partial charge in [-0.1, -0.05) is 26.0 Å². The number of carbonyl (C=O) groups is 1. The Balaban J connectivity index is 1.87. The highest BCUT2D eigenvalue weighted by atomic mass is 16.6. The molecule has 1 fully saturated rings. The van der Waals surface area contributed by atoms with Crippen molar-refractivity contribution in [3.8, 4) is 5.75 Å². The van der Waals surface area contributed by atoms with Crippen LogP contribution >= 0.6 is 0 Å². The minimum atomic E-state index is -0.494. The van der Waals surface area contributed by atoms with Crippen molar-refractivity contribution in [1.29, 1.82) is 0 Å². The van der Waals surface area contributed by atoms with Crippen LogP contribution in [0, 0.1) is 15.5 Å². The summed E-state index contributed by atoms with van der Waals surface area (Å²) in [5.41, 5.74) is 5.87. The van der Waals surface area contributed by atoms with Gasteiger partial charge in [-0.25, -0.2) is 0 Å². The minimum absolute atomic E-state index is 0.0106. The van der Waals surface area contributed by atoms with E-state index in [1.807, 2.05) is 0 Å². The summed E-state index contributed by atoms with van der Waals surface area (Å²) in [6, 6.07) is 6.25. The van der Waals surface area contributed by atoms with Gasteiger partial charge in [0.25, 0.3) is 0 Å². The number of ether oxygens (including phenoxy) is 1. The predicted molar refractivity (Wildman–Crippen MR) is 86.2 cm³/mol. The van der Waals surface area contributed by atoms with Crippen LogP contribution in [0.2, 0.25) is 0 Å². The highest BCUT2D eigenvalue weighted by Crippen LogP contribution is 2.28. The first-order valence-corrected chi connectivity index (χ1v) is 7.71. The van der Waals surface area contributed by atoms with Gasteiger partial charge in [0.1, 0.15) is 0 Å². The zero-order valence-corrected chi connectivity index (χ0v) is 13.5. The Morgan fingerprint density at radius 2 is 2.17 bits per heavy atom. The molecule has 1 aromatic rings. The van der Waals surface area contributed by atoms with Crippen molar-refractivity contribution < 1.29 is 14.5 Å². The molecule has 2 N–H and O–H groups in total. The molecule has 126 valence electrons. The van der Waals surface area contributed by atoms with E-state index in [2.05, 4.69) is 13.8 Å². The molecule has 0 bridgehead atoms. The molecule has 1 unspecified atom stereocenters. The Labute approximate surface area is 135 Å². The number of carbonyl (C=O) groups excluding carboxylic acids is 1. The van der Waals surface area contributed by atoms with E-state index in [-0.39, 0.29) is 41.8 Å². The standard InChI is InChI=1S/C16H23N3O4/c1-16(2)11-18(9-7-14(16)17)15(20)8-10-23-13-6-4-3-5-12(13)19(21)22/h3-6,14H,7-11,17H2,1-2H3. The molecule has 7 nitrogen and oxygen atoms in total. The fraction of sp³-hybridized carbons (Fsp3) is 0.562. The number of nitrogens with two attached hydrogens (primary N) is 1. The number of para-hydroxylation sites is 2. The molecule has 1 aromatic carbocycles. The zero-order chi connectivity index (χ0) is 17.0. The molecule has 1 atom stereocenters. The number of piperidine rings is 1. The van der Waals surface area contributed by atoms with E-state index in [1.165, 1.54) is 12.1 Å². The second kappa shape index (κ2) is 6.95. The summed E-state index contributed by atoms with van der Waals surface area (Å²) in [7, 11) is 0. The van der Waals surface area contributed by atoms with Gasteiger partial charge in [0.2, 0.25) is 5.91 Å². The van der Waals surface area contributed by atoms with Crippen molar-refractivity contribution in [1.82, 2.24) is 4.90 Å². The molecule has 7 heteroatoms. The fourth-order valence-electron chi connectivity index (χ4n) is 2.72. The Morgan fingerprint density at radius 3 is 2.83 bits per heavy atom. The largest absolute Gasteiger partial charge is 0.486 e. The fourth-order valence-corrected chi connectivity index (χ4v) is 2.72. The topological polar surface area (TPSA) is 98.7 Å². The molecule has 1 saturated heterocycles. The predicted octanol–water partition coefficient (Wildman–Crippen LogP) is 1.95. The number of rotatable bonds is 5. The zero-order valence-electron chi connectivity index (χ0n) is 13.5. The van der Waals surface area contributed by atoms with Gasteiger partial charge in [-0.15, -0.1) is 0 Å². The van der Waals surface area contributed by atoms with Crippen LogP contribution in [0.3, 0.4) is 0 Å². The van der Waals surface area contributed by atoms with E-state index in [4.69, 9.17) is 10.5 Å². The lowest BCUT2D eigenvalue weighted by atomic mass is 9.79. The SMILES string of the molecule is CC1(C)CN(C(=O)CCOc2ccccc2[N+](=O)[O-])CCC1N. The van der Waals surface area contributed by atoms with Crippen molar-refractivity contribution in [3.05, 3.63) is 34.4 Å². The summed E-state index contributed by atoms with van der Waals surface area (Å²) in [5.74, 6) is 0.176. The van der Waals surface area contributed by atoms with Gasteiger partial charge >= 0.3 is 5.69 Å². The average molecular weight is 321 g/mol. The number of hydrogen-bond donors (Lipinski definition) is 1. The highest BCUT2D eigenvalue weighted by molar-refractivity contribution is 5.76. The molecule has 1 heterocycles. The first-order valence-electron chi connectivity index (χ1n) is 7.71. The van der Waals surface area contributed by atoms with Gasteiger partial charge in [-0.05, 0) is 17.9 Å². The number of nitrogens with zero attached hydrogens (tertiary/aromatic N) is 2. The minimum Gasteiger partial charge on any atom is -0.486 e. The van der Waals surface area contributed by atoms with E-state index in [1.54, 1.807) is 17.0 Å². The van der Waals surface area contributed by atoms with Crippen LogP contribution in [-0.2, 0) is 4.79 Å². The summed E-state index contributed by atoms with van der Waals surface area (Å²) in [6.45, 7) is 5.50. The van der Waals surface area contributed by atoms with E-state index < -0.39 is 4.92 Å². The van der Waals surface area contributed by atoms with Gasteiger partial charge in [0, 0.05) is 25.2 Å². The Kier molecular flexibility index (Phi) is 5.20. The molecular formula is C16H23N3O4. The lowest BCUT2D eigenvalue weighted by Gasteiger charge is -2.42. The number of nitro benzene ring substituents is 1. The smallest absolute Gasteiger partial charge is 0.310 e. The van der Waals surface area contributed by atoms with Crippen LogP contribution in [0.1, 0.15) is 26.7 Å². The maximum atomic E-state index is 12.3. The van der Waals surface area contributed by atoms with Gasteiger partial charge < -0.3 is 15.4 Å². The second-order valence-corrected chi connectivity index (χ2v) is 6.52. The van der Waals surface area contributed by atoms with Crippen molar-refractivity contribution >= 4 is 11.6 Å². The van der Waals surface area contributed by atoms with Gasteiger partial charge in [0.15, 0.2) is 5.75 Å². The normalized spacial score (nSPS) is 20.1. The summed E-state index contributed by atoms with van der Waals surface area (Å²) >= 11 is 0. The Morgan fingerprint density at radius 1 is 1.48 bits per heavy atom. The van der Waals surface area contributed by atoms with Gasteiger partial charge in [-0.3, -0.25) is 14.9 Å². The van der Waals surface area contributed by atoms with E-state index in [9.17, 15) is 14.9 Å². The van der Waals surface area contributed by atoms with E-state index in [0.717, 1.165) is 6.42 Å². The molecule has 0 radical (unpaired) electrons. The highest BCUT2D eigenvalue weighted by Gasteiger charge is 2.35. The van der Waals surface area contributed by atoms with Crippen molar-refractivity contribution in [2.24, 2.45) is 11.1 Å². The Hall–Kier alpha value is -2.15. The quantitative estimate of drug-likeness (QED) is 0.660. The van der Waals surface area contributed by atoms with Crippen molar-refractivity contribution in [3.63, 3.8) is 0 Å². The lowest BCUT2D eigenvalue weighted by Crippen LogP contribution is -2.54. The van der Waals surface area contributed by atoms with Gasteiger partial charge in [-0.2, -0.15) is 0 Å². The number of hydrogen-bond acceptors (Lipinski definition) is 5. The number of nitro groups is 1. The first-order chi connectivity index (χ1) is 10.8. The van der Waals surface area contributed by atoms with Crippen LogP contribution in [-0.4, -0.2) is 41.5 Å². The van der Waals surface area contributed by atoms with Gasteiger partial charge in [0.05, 0.1) is 18.0 Å². The lowest BCUT2D eigenvalue weighted by molar-refractivity contribution is -0.385. The van der Waals surface area contributed by atoms with Crippen LogP contribution < -0.4 is 10.5 Å². The van der Waals surface area contributed by atoms with Crippen LogP contribution in [0.15, 0.2) is 24.3 Å². The number of amides is 1. The molecule has 0 aliphatic carbocycles. The third-order valence-electron chi connectivity index (χ3n) is 4.30. The third kappa shape index (κ3) is 4.19. The van der Waals surface area contributed by atoms with E-state index in [0.29, 0.717) is 13.1 Å². The first kappa shape index (κ1) is 17.2. The molecule has 23 heavy (non-hydrogen) atoms. The third-order valence-corrected chi connectivity index (χ3v) is 4.30. The average Bonchev–Trinajstić information content (AvgIpc) is 2.50. The summed E-state index contributed by atoms with van der Waals surface area (Å²) in [5, 5.41) is 10.9. The van der Waals surface area contributed by atoms with E-state index >= 15 is 0 Å². The number of likely N-dealkylation sites (tertiary alicyclic amines) is 1. The maximum Gasteiger partial charge on any atom is 0.310 e. The molecular weight excluding hydrogens is 298 g/mol. The molecule has 1 aliphatic rings. The second-order valence-electron chi connectivity index (χ2n) is 6.52. The monoisotopic (exact) mass is 321 g/mol. The summed E-state index contributed by atoms with van der Waals surface area (Å²) < 4.78 is 5.42. The molecule has 0 spiro atoms. The molecule has 1 aliphatic heterocycles. The molecule has 2 rings (SSSR count). The van der Waals surface area contributed by atoms with Crippen LogP contribution in [0.5, 0.6) is 5.75 Å².